The number of alkyl halides is 3. The molecule has 1 aromatic heterocycles. The second-order valence-electron chi connectivity index (χ2n) is 8.03. The van der Waals surface area contributed by atoms with E-state index in [9.17, 15) is 17.6 Å². The van der Waals surface area contributed by atoms with Crippen molar-refractivity contribution in [3.8, 4) is 0 Å². The molecule has 0 aliphatic carbocycles. The summed E-state index contributed by atoms with van der Waals surface area (Å²) in [5, 5.41) is 6.02. The van der Waals surface area contributed by atoms with E-state index in [2.05, 4.69) is 15.6 Å². The van der Waals surface area contributed by atoms with Crippen molar-refractivity contribution in [2.45, 2.75) is 25.1 Å². The lowest BCUT2D eigenvalue weighted by atomic mass is 10.0. The zero-order valence-corrected chi connectivity index (χ0v) is 18.3. The van der Waals surface area contributed by atoms with E-state index >= 15 is 0 Å². The van der Waals surface area contributed by atoms with E-state index in [4.69, 9.17) is 4.99 Å². The van der Waals surface area contributed by atoms with Crippen LogP contribution in [0.1, 0.15) is 22.7 Å². The molecule has 0 radical (unpaired) electrons. The van der Waals surface area contributed by atoms with Crippen molar-refractivity contribution in [1.29, 1.82) is 0 Å². The van der Waals surface area contributed by atoms with Crippen molar-refractivity contribution in [2.75, 3.05) is 25.0 Å². The Labute approximate surface area is 192 Å². The van der Waals surface area contributed by atoms with Crippen LogP contribution in [0.25, 0.3) is 0 Å². The standard InChI is InChI=1S/C23H21F4N5S/c24-15-8-5-14(6-9-15)7-10-16-13-32(12-11-28-16)20-19-21(33-22(31-19)23(25,26)27)30-18-4-2-1-3-17(18)29-20/h1-6,8-9,16,28,30H,7,10-13H2. The smallest absolute Gasteiger partial charge is 0.352 e. The van der Waals surface area contributed by atoms with Crippen LogP contribution in [-0.2, 0) is 12.6 Å². The first-order chi connectivity index (χ1) is 15.9. The molecule has 5 nitrogen and oxygen atoms in total. The van der Waals surface area contributed by atoms with Crippen LogP contribution in [0.5, 0.6) is 0 Å². The van der Waals surface area contributed by atoms with Gasteiger partial charge in [0, 0.05) is 25.7 Å². The summed E-state index contributed by atoms with van der Waals surface area (Å²) in [6.07, 6.45) is -2.95. The van der Waals surface area contributed by atoms with E-state index in [1.807, 2.05) is 23.1 Å². The number of aromatic nitrogens is 1. The highest BCUT2D eigenvalue weighted by atomic mass is 32.1. The van der Waals surface area contributed by atoms with Crippen LogP contribution in [-0.4, -0.2) is 41.4 Å². The summed E-state index contributed by atoms with van der Waals surface area (Å²) in [5.41, 5.74) is 2.57. The van der Waals surface area contributed by atoms with Crippen LogP contribution in [0.2, 0.25) is 0 Å². The summed E-state index contributed by atoms with van der Waals surface area (Å²) in [4.78, 5) is 10.7. The third kappa shape index (κ3) is 4.72. The van der Waals surface area contributed by atoms with Crippen molar-refractivity contribution in [3.05, 3.63) is 70.6 Å². The highest BCUT2D eigenvalue weighted by molar-refractivity contribution is 7.16. The van der Waals surface area contributed by atoms with Crippen LogP contribution in [0.4, 0.5) is 33.9 Å². The van der Waals surface area contributed by atoms with E-state index in [1.165, 1.54) is 12.1 Å². The van der Waals surface area contributed by atoms with Crippen molar-refractivity contribution in [2.24, 2.45) is 4.99 Å². The maximum Gasteiger partial charge on any atom is 0.443 e. The Kier molecular flexibility index (Phi) is 5.79. The maximum atomic E-state index is 13.4. The molecule has 0 saturated carbocycles. The van der Waals surface area contributed by atoms with Gasteiger partial charge in [0.15, 0.2) is 5.84 Å². The molecule has 0 amide bonds. The first-order valence-electron chi connectivity index (χ1n) is 10.6. The van der Waals surface area contributed by atoms with Gasteiger partial charge in [0.05, 0.1) is 11.4 Å². The number of piperazine rings is 1. The van der Waals surface area contributed by atoms with Gasteiger partial charge in [-0.05, 0) is 42.7 Å². The van der Waals surface area contributed by atoms with Crippen LogP contribution in [0, 0.1) is 5.82 Å². The summed E-state index contributed by atoms with van der Waals surface area (Å²) < 4.78 is 53.4. The molecular weight excluding hydrogens is 454 g/mol. The molecule has 2 aromatic carbocycles. The van der Waals surface area contributed by atoms with Crippen LogP contribution >= 0.6 is 11.3 Å². The number of hydrogen-bond acceptors (Lipinski definition) is 6. The average Bonchev–Trinajstić information content (AvgIpc) is 3.16. The molecule has 0 spiro atoms. The number of benzene rings is 2. The van der Waals surface area contributed by atoms with Gasteiger partial charge in [-0.25, -0.2) is 14.4 Å². The summed E-state index contributed by atoms with van der Waals surface area (Å²) in [7, 11) is 0. The zero-order chi connectivity index (χ0) is 23.0. The average molecular weight is 476 g/mol. The molecule has 2 aliphatic rings. The Morgan fingerprint density at radius 3 is 2.67 bits per heavy atom. The predicted molar refractivity (Wildman–Crippen MR) is 121 cm³/mol. The summed E-state index contributed by atoms with van der Waals surface area (Å²) in [6, 6.07) is 13.8. The molecular formula is C23H21F4N5S. The summed E-state index contributed by atoms with van der Waals surface area (Å²) >= 11 is 0.595. The minimum Gasteiger partial charge on any atom is -0.352 e. The van der Waals surface area contributed by atoms with Gasteiger partial charge in [-0.3, -0.25) is 0 Å². The third-order valence-corrected chi connectivity index (χ3v) is 6.73. The number of amidine groups is 1. The topological polar surface area (TPSA) is 52.5 Å². The Morgan fingerprint density at radius 2 is 1.88 bits per heavy atom. The second kappa shape index (κ2) is 8.75. The lowest BCUT2D eigenvalue weighted by Crippen LogP contribution is -2.53. The largest absolute Gasteiger partial charge is 0.443 e. The Hall–Kier alpha value is -2.98. The number of aliphatic imine (C=N–C) groups is 1. The molecule has 0 bridgehead atoms. The van der Waals surface area contributed by atoms with E-state index in [0.717, 1.165) is 18.4 Å². The van der Waals surface area contributed by atoms with Crippen molar-refractivity contribution < 1.29 is 17.6 Å². The van der Waals surface area contributed by atoms with Crippen molar-refractivity contribution >= 4 is 33.5 Å². The normalized spacial score (nSPS) is 18.1. The fourth-order valence-electron chi connectivity index (χ4n) is 4.07. The van der Waals surface area contributed by atoms with E-state index in [0.29, 0.717) is 53.2 Å². The molecule has 3 heterocycles. The highest BCUT2D eigenvalue weighted by Crippen LogP contribution is 2.42. The van der Waals surface area contributed by atoms with Gasteiger partial charge in [0.2, 0.25) is 5.01 Å². The minimum absolute atomic E-state index is 0.113. The molecule has 33 heavy (non-hydrogen) atoms. The Bertz CT molecular complexity index is 1170. The number of anilines is 2. The molecule has 3 aromatic rings. The molecule has 172 valence electrons. The van der Waals surface area contributed by atoms with Crippen molar-refractivity contribution in [1.82, 2.24) is 15.2 Å². The number of nitrogens with zero attached hydrogens (tertiary/aromatic N) is 3. The maximum absolute atomic E-state index is 13.4. The number of fused-ring (bicyclic) bond motifs is 2. The number of para-hydroxylation sites is 2. The second-order valence-corrected chi connectivity index (χ2v) is 9.03. The van der Waals surface area contributed by atoms with E-state index in [-0.39, 0.29) is 17.6 Å². The van der Waals surface area contributed by atoms with Crippen molar-refractivity contribution in [3.63, 3.8) is 0 Å². The summed E-state index contributed by atoms with van der Waals surface area (Å²) in [5.74, 6) is 0.181. The number of thiazole rings is 1. The fraction of sp³-hybridized carbons (Fsp3) is 0.304. The van der Waals surface area contributed by atoms with Crippen LogP contribution in [0.15, 0.2) is 53.5 Å². The van der Waals surface area contributed by atoms with Gasteiger partial charge >= 0.3 is 6.18 Å². The molecule has 2 aliphatic heterocycles. The SMILES string of the molecule is Fc1ccc(CCC2CN(C3=Nc4ccccc4Nc4sc(C(F)(F)F)nc43)CCN2)cc1. The molecule has 10 heteroatoms. The number of rotatable bonds is 3. The Morgan fingerprint density at radius 1 is 1.09 bits per heavy atom. The van der Waals surface area contributed by atoms with Gasteiger partial charge in [0.25, 0.3) is 0 Å². The van der Waals surface area contributed by atoms with Gasteiger partial charge < -0.3 is 15.5 Å². The van der Waals surface area contributed by atoms with Gasteiger partial charge in [0.1, 0.15) is 16.5 Å². The third-order valence-electron chi connectivity index (χ3n) is 5.71. The quantitative estimate of drug-likeness (QED) is 0.502. The lowest BCUT2D eigenvalue weighted by molar-refractivity contribution is -0.137. The first-order valence-corrected chi connectivity index (χ1v) is 11.4. The minimum atomic E-state index is -4.52. The Balaban J connectivity index is 1.42. The molecule has 1 unspecified atom stereocenters. The van der Waals surface area contributed by atoms with Crippen LogP contribution < -0.4 is 10.6 Å². The van der Waals surface area contributed by atoms with Crippen LogP contribution in [0.3, 0.4) is 0 Å². The number of aryl methyl sites for hydroxylation is 1. The molecule has 5 rings (SSSR count). The number of halogens is 4. The fourth-order valence-corrected chi connectivity index (χ4v) is 4.91. The molecule has 2 N–H and O–H groups in total. The number of hydrogen-bond donors (Lipinski definition) is 2. The van der Waals surface area contributed by atoms with Gasteiger partial charge in [-0.2, -0.15) is 13.2 Å². The van der Waals surface area contributed by atoms with Gasteiger partial charge in [-0.15, -0.1) is 0 Å². The lowest BCUT2D eigenvalue weighted by Gasteiger charge is -2.35. The molecule has 1 atom stereocenters. The number of nitrogens with one attached hydrogen (secondary N) is 2. The summed E-state index contributed by atoms with van der Waals surface area (Å²) in [6.45, 7) is 1.86. The van der Waals surface area contributed by atoms with Gasteiger partial charge in [-0.1, -0.05) is 35.6 Å². The highest BCUT2D eigenvalue weighted by Gasteiger charge is 2.38. The predicted octanol–water partition coefficient (Wildman–Crippen LogP) is 5.34. The molecule has 1 saturated heterocycles. The van der Waals surface area contributed by atoms with E-state index < -0.39 is 11.2 Å². The zero-order valence-electron chi connectivity index (χ0n) is 17.5. The first kappa shape index (κ1) is 21.8. The van der Waals surface area contributed by atoms with E-state index in [1.54, 1.807) is 18.2 Å². The monoisotopic (exact) mass is 475 g/mol. The molecule has 1 fully saturated rings.